The summed E-state index contributed by atoms with van der Waals surface area (Å²) in [4.78, 5) is 27.5. The highest BCUT2D eigenvalue weighted by Crippen LogP contribution is 2.28. The van der Waals surface area contributed by atoms with Gasteiger partial charge in [-0.25, -0.2) is 9.97 Å². The van der Waals surface area contributed by atoms with E-state index in [-0.39, 0.29) is 11.8 Å². The number of H-pyrrole nitrogens is 1. The van der Waals surface area contributed by atoms with E-state index in [4.69, 9.17) is 5.73 Å². The monoisotopic (exact) mass is 337 g/mol. The number of nitrogens with two attached hydrogens (primary N) is 1. The molecular weight excluding hydrogens is 318 g/mol. The van der Waals surface area contributed by atoms with E-state index < -0.39 is 0 Å². The third-order valence-corrected chi connectivity index (χ3v) is 4.60. The molecule has 3 aromatic heterocycles. The second-order valence-corrected chi connectivity index (χ2v) is 6.38. The largest absolute Gasteiger partial charge is 0.384 e. The van der Waals surface area contributed by atoms with Crippen molar-refractivity contribution in [3.8, 4) is 0 Å². The molecule has 0 unspecified atom stereocenters. The highest BCUT2D eigenvalue weighted by molar-refractivity contribution is 5.92. The van der Waals surface area contributed by atoms with Gasteiger partial charge in [-0.2, -0.15) is 5.10 Å². The Morgan fingerprint density at radius 3 is 3.00 bits per heavy atom. The van der Waals surface area contributed by atoms with E-state index >= 15 is 0 Å². The van der Waals surface area contributed by atoms with Crippen molar-refractivity contribution in [2.45, 2.75) is 25.7 Å². The van der Waals surface area contributed by atoms with E-state index in [1.165, 1.54) is 6.20 Å². The molecule has 1 atom stereocenters. The Labute approximate surface area is 144 Å². The molecule has 3 N–H and O–H groups in total. The van der Waals surface area contributed by atoms with Gasteiger partial charge in [0.15, 0.2) is 5.65 Å². The van der Waals surface area contributed by atoms with Crippen LogP contribution in [-0.4, -0.2) is 49.0 Å². The van der Waals surface area contributed by atoms with E-state index in [0.29, 0.717) is 23.7 Å². The predicted molar refractivity (Wildman–Crippen MR) is 92.9 cm³/mol. The van der Waals surface area contributed by atoms with Crippen LogP contribution < -0.4 is 5.73 Å². The van der Waals surface area contributed by atoms with Gasteiger partial charge in [-0.05, 0) is 31.9 Å². The van der Waals surface area contributed by atoms with Crippen LogP contribution in [0.15, 0.2) is 24.5 Å². The number of anilines is 1. The zero-order chi connectivity index (χ0) is 17.4. The molecule has 128 valence electrons. The number of likely N-dealkylation sites (tertiary alicyclic amines) is 1. The van der Waals surface area contributed by atoms with Crippen molar-refractivity contribution >= 4 is 22.8 Å². The number of aryl methyl sites for hydroxylation is 1. The quantitative estimate of drug-likeness (QED) is 0.735. The Morgan fingerprint density at radius 2 is 2.20 bits per heavy atom. The summed E-state index contributed by atoms with van der Waals surface area (Å²) >= 11 is 0. The molecule has 1 aliphatic heterocycles. The fourth-order valence-electron chi connectivity index (χ4n) is 3.23. The molecule has 0 aliphatic carbocycles. The molecule has 3 aromatic rings. The molecular formula is C17H19N7O. The van der Waals surface area contributed by atoms with Crippen molar-refractivity contribution in [3.05, 3.63) is 41.6 Å². The highest BCUT2D eigenvalue weighted by atomic mass is 16.2. The number of carbonyl (C=O) groups is 1. The number of carbonyl (C=O) groups excluding carboxylic acids is 1. The van der Waals surface area contributed by atoms with E-state index in [0.717, 1.165) is 36.2 Å². The number of fused-ring (bicyclic) bond motifs is 1. The van der Waals surface area contributed by atoms with Gasteiger partial charge in [0.05, 0.1) is 17.3 Å². The van der Waals surface area contributed by atoms with Crippen LogP contribution in [0.3, 0.4) is 0 Å². The van der Waals surface area contributed by atoms with E-state index in [9.17, 15) is 4.79 Å². The van der Waals surface area contributed by atoms with Gasteiger partial charge >= 0.3 is 0 Å². The number of rotatable bonds is 2. The van der Waals surface area contributed by atoms with Gasteiger partial charge in [-0.3, -0.25) is 14.9 Å². The lowest BCUT2D eigenvalue weighted by molar-refractivity contribution is 0.0699. The number of hydrogen-bond donors (Lipinski definition) is 2. The first-order valence-corrected chi connectivity index (χ1v) is 8.30. The van der Waals surface area contributed by atoms with Gasteiger partial charge in [0, 0.05) is 30.9 Å². The normalized spacial score (nSPS) is 17.8. The average molecular weight is 337 g/mol. The summed E-state index contributed by atoms with van der Waals surface area (Å²) in [5.41, 5.74) is 8.55. The van der Waals surface area contributed by atoms with E-state index in [2.05, 4.69) is 25.1 Å². The minimum absolute atomic E-state index is 0.0812. The van der Waals surface area contributed by atoms with Crippen molar-refractivity contribution in [2.75, 3.05) is 18.8 Å². The lowest BCUT2D eigenvalue weighted by Crippen LogP contribution is -2.39. The maximum atomic E-state index is 12.7. The fraction of sp³-hybridized carbons (Fsp3) is 0.353. The van der Waals surface area contributed by atoms with E-state index in [1.807, 2.05) is 24.0 Å². The van der Waals surface area contributed by atoms with Crippen LogP contribution in [0.5, 0.6) is 0 Å². The van der Waals surface area contributed by atoms with E-state index in [1.54, 1.807) is 6.20 Å². The number of aromatic amines is 1. The molecule has 0 bridgehead atoms. The first-order valence-electron chi connectivity index (χ1n) is 8.30. The molecule has 0 saturated carbocycles. The number of nitrogens with one attached hydrogen (secondary N) is 1. The van der Waals surface area contributed by atoms with Gasteiger partial charge in [-0.15, -0.1) is 0 Å². The van der Waals surface area contributed by atoms with Gasteiger partial charge in [-0.1, -0.05) is 0 Å². The fourth-order valence-corrected chi connectivity index (χ4v) is 3.23. The Bertz CT molecular complexity index is 918. The van der Waals surface area contributed by atoms with Gasteiger partial charge < -0.3 is 10.6 Å². The topological polar surface area (TPSA) is 114 Å². The van der Waals surface area contributed by atoms with Crippen molar-refractivity contribution < 1.29 is 4.79 Å². The number of pyridine rings is 1. The Balaban J connectivity index is 1.55. The summed E-state index contributed by atoms with van der Waals surface area (Å²) in [6.07, 6.45) is 5.07. The number of nitrogens with zero attached hydrogens (tertiary/aromatic N) is 5. The van der Waals surface area contributed by atoms with Gasteiger partial charge in [0.25, 0.3) is 5.91 Å². The third-order valence-electron chi connectivity index (χ3n) is 4.60. The van der Waals surface area contributed by atoms with Crippen LogP contribution in [0.1, 0.15) is 40.6 Å². The van der Waals surface area contributed by atoms with Gasteiger partial charge in [0.1, 0.15) is 11.5 Å². The molecule has 0 spiro atoms. The standard InChI is InChI=1S/C17H19N7O/c1-10-7-20-14(8-19-10)17(25)24-6-2-3-11(9-24)13-5-4-12-15(18)22-23-16(12)21-13/h4-5,7-8,11H,2-3,6,9H2,1H3,(H3,18,21,22,23)/t11-/m0/s1. The van der Waals surface area contributed by atoms with Crippen LogP contribution in [0.25, 0.3) is 11.0 Å². The molecule has 1 amide bonds. The molecule has 1 saturated heterocycles. The number of aromatic nitrogens is 5. The smallest absolute Gasteiger partial charge is 0.274 e. The second kappa shape index (κ2) is 6.12. The molecule has 0 radical (unpaired) electrons. The Kier molecular flexibility index (Phi) is 3.79. The van der Waals surface area contributed by atoms with Crippen LogP contribution in [-0.2, 0) is 0 Å². The Morgan fingerprint density at radius 1 is 1.32 bits per heavy atom. The van der Waals surface area contributed by atoms with Crippen molar-refractivity contribution in [3.63, 3.8) is 0 Å². The summed E-state index contributed by atoms with van der Waals surface area (Å²) < 4.78 is 0. The maximum Gasteiger partial charge on any atom is 0.274 e. The molecule has 1 fully saturated rings. The molecule has 8 nitrogen and oxygen atoms in total. The van der Waals surface area contributed by atoms with Crippen molar-refractivity contribution in [1.82, 2.24) is 30.0 Å². The molecule has 0 aromatic carbocycles. The van der Waals surface area contributed by atoms with Crippen LogP contribution in [0.2, 0.25) is 0 Å². The predicted octanol–water partition coefficient (Wildman–Crippen LogP) is 1.66. The number of hydrogen-bond acceptors (Lipinski definition) is 6. The molecule has 1 aliphatic rings. The minimum atomic E-state index is -0.0812. The van der Waals surface area contributed by atoms with Crippen molar-refractivity contribution in [1.29, 1.82) is 0 Å². The molecule has 4 heterocycles. The summed E-state index contributed by atoms with van der Waals surface area (Å²) in [5, 5.41) is 7.69. The maximum absolute atomic E-state index is 12.7. The Hall–Kier alpha value is -3.03. The zero-order valence-electron chi connectivity index (χ0n) is 13.9. The molecule has 25 heavy (non-hydrogen) atoms. The number of piperidine rings is 1. The lowest BCUT2D eigenvalue weighted by Gasteiger charge is -2.32. The number of nitrogen functional groups attached to an aromatic ring is 1. The highest BCUT2D eigenvalue weighted by Gasteiger charge is 2.27. The van der Waals surface area contributed by atoms with Crippen LogP contribution in [0.4, 0.5) is 5.82 Å². The third kappa shape index (κ3) is 2.90. The molecule has 8 heteroatoms. The summed E-state index contributed by atoms with van der Waals surface area (Å²) in [5.74, 6) is 0.619. The minimum Gasteiger partial charge on any atom is -0.384 e. The average Bonchev–Trinajstić information content (AvgIpc) is 3.02. The van der Waals surface area contributed by atoms with Crippen molar-refractivity contribution in [2.24, 2.45) is 0 Å². The SMILES string of the molecule is Cc1cnc(C(=O)N2CCC[C@H](c3ccc4c(N)[nH]nc4n3)C2)cn1. The summed E-state index contributed by atoms with van der Waals surface area (Å²) in [7, 11) is 0. The summed E-state index contributed by atoms with van der Waals surface area (Å²) in [6.45, 7) is 3.19. The lowest BCUT2D eigenvalue weighted by atomic mass is 9.94. The second-order valence-electron chi connectivity index (χ2n) is 6.38. The first kappa shape index (κ1) is 15.5. The zero-order valence-corrected chi connectivity index (χ0v) is 13.9. The number of amides is 1. The van der Waals surface area contributed by atoms with Crippen LogP contribution >= 0.6 is 0 Å². The summed E-state index contributed by atoms with van der Waals surface area (Å²) in [6, 6.07) is 3.90. The first-order chi connectivity index (χ1) is 12.1. The van der Waals surface area contributed by atoms with Crippen LogP contribution in [0, 0.1) is 6.92 Å². The molecule has 4 rings (SSSR count). The van der Waals surface area contributed by atoms with Gasteiger partial charge in [0.2, 0.25) is 0 Å².